The molecule has 3 heterocycles. The van der Waals surface area contributed by atoms with Crippen molar-refractivity contribution in [1.29, 1.82) is 5.26 Å². The number of hydrogen-bond acceptors (Lipinski definition) is 5. The van der Waals surface area contributed by atoms with Gasteiger partial charge in [0.1, 0.15) is 0 Å². The molecule has 6 nitrogen and oxygen atoms in total. The number of aromatic amines is 1. The standard InChI is InChI=1S/C22H29N5O/c23-11-19-6-4-18(5-7-19)3-1-2-9-26-13-21-15-27(16-22(14-26)28-21)10-8-20-12-24-17-25-20/h4-7,12,17,21-22H,1-3,8-10,13-16H2,(H,24,25). The van der Waals surface area contributed by atoms with Crippen LogP contribution in [0.15, 0.2) is 36.8 Å². The lowest BCUT2D eigenvalue weighted by molar-refractivity contribution is -0.138. The number of morpholine rings is 2. The summed E-state index contributed by atoms with van der Waals surface area (Å²) >= 11 is 0. The van der Waals surface area contributed by atoms with Gasteiger partial charge in [-0.15, -0.1) is 0 Å². The largest absolute Gasteiger partial charge is 0.370 e. The van der Waals surface area contributed by atoms with Crippen molar-refractivity contribution in [3.63, 3.8) is 0 Å². The van der Waals surface area contributed by atoms with E-state index in [-0.39, 0.29) is 0 Å². The number of aryl methyl sites for hydroxylation is 1. The number of rotatable bonds is 8. The van der Waals surface area contributed by atoms with Crippen molar-refractivity contribution in [2.75, 3.05) is 39.3 Å². The molecule has 0 aliphatic carbocycles. The van der Waals surface area contributed by atoms with Gasteiger partial charge in [-0.25, -0.2) is 4.98 Å². The summed E-state index contributed by atoms with van der Waals surface area (Å²) in [5.74, 6) is 0. The fourth-order valence-corrected chi connectivity index (χ4v) is 4.34. The summed E-state index contributed by atoms with van der Waals surface area (Å²) < 4.78 is 6.19. The number of ether oxygens (including phenoxy) is 1. The summed E-state index contributed by atoms with van der Waals surface area (Å²) in [6, 6.07) is 10.2. The topological polar surface area (TPSA) is 68.2 Å². The van der Waals surface area contributed by atoms with Crippen LogP contribution in [0.4, 0.5) is 0 Å². The summed E-state index contributed by atoms with van der Waals surface area (Å²) in [5, 5.41) is 8.87. The third-order valence-corrected chi connectivity index (χ3v) is 5.76. The van der Waals surface area contributed by atoms with Crippen molar-refractivity contribution in [2.45, 2.75) is 37.9 Å². The third kappa shape index (κ3) is 5.20. The molecule has 6 heteroatoms. The quantitative estimate of drug-likeness (QED) is 0.713. The molecule has 2 aliphatic rings. The molecule has 1 aromatic heterocycles. The van der Waals surface area contributed by atoms with Crippen LogP contribution in [-0.4, -0.2) is 71.2 Å². The SMILES string of the molecule is N#Cc1ccc(CCCCN2CC3CN(CCc4cnc[nH]4)CC(C2)O3)cc1. The molecule has 0 spiro atoms. The number of nitrogens with zero attached hydrogens (tertiary/aromatic N) is 4. The molecule has 0 radical (unpaired) electrons. The van der Waals surface area contributed by atoms with Gasteiger partial charge in [0.2, 0.25) is 0 Å². The first-order chi connectivity index (χ1) is 13.8. The highest BCUT2D eigenvalue weighted by Gasteiger charge is 2.34. The zero-order valence-electron chi connectivity index (χ0n) is 16.4. The molecule has 4 rings (SSSR count). The first-order valence-electron chi connectivity index (χ1n) is 10.3. The summed E-state index contributed by atoms with van der Waals surface area (Å²) in [6.45, 7) is 6.39. The Morgan fingerprint density at radius 2 is 1.71 bits per heavy atom. The van der Waals surface area contributed by atoms with Gasteiger partial charge in [-0.2, -0.15) is 5.26 Å². The summed E-state index contributed by atoms with van der Waals surface area (Å²) in [6.07, 6.45) is 8.87. The van der Waals surface area contributed by atoms with Crippen LogP contribution in [0.25, 0.3) is 0 Å². The molecular weight excluding hydrogens is 350 g/mol. The van der Waals surface area contributed by atoms with Crippen LogP contribution in [0.2, 0.25) is 0 Å². The molecule has 148 valence electrons. The van der Waals surface area contributed by atoms with E-state index in [4.69, 9.17) is 10.00 Å². The first kappa shape index (κ1) is 19.1. The van der Waals surface area contributed by atoms with E-state index in [0.717, 1.165) is 57.7 Å². The monoisotopic (exact) mass is 379 g/mol. The van der Waals surface area contributed by atoms with Crippen molar-refractivity contribution in [3.05, 3.63) is 53.6 Å². The molecule has 0 amide bonds. The van der Waals surface area contributed by atoms with E-state index < -0.39 is 0 Å². The zero-order valence-corrected chi connectivity index (χ0v) is 16.4. The molecule has 0 saturated carbocycles. The number of nitrogens with one attached hydrogen (secondary N) is 1. The Morgan fingerprint density at radius 1 is 1.00 bits per heavy atom. The van der Waals surface area contributed by atoms with Crippen LogP contribution in [-0.2, 0) is 17.6 Å². The maximum Gasteiger partial charge on any atom is 0.0991 e. The average Bonchev–Trinajstić information content (AvgIpc) is 3.23. The molecule has 2 saturated heterocycles. The van der Waals surface area contributed by atoms with Crippen LogP contribution in [0.5, 0.6) is 0 Å². The Hall–Kier alpha value is -2.20. The van der Waals surface area contributed by atoms with Crippen LogP contribution in [0, 0.1) is 11.3 Å². The van der Waals surface area contributed by atoms with Crippen LogP contribution in [0.3, 0.4) is 0 Å². The fraction of sp³-hybridized carbons (Fsp3) is 0.545. The number of benzene rings is 1. The molecular formula is C22H29N5O. The van der Waals surface area contributed by atoms with E-state index in [9.17, 15) is 0 Å². The maximum atomic E-state index is 8.87. The lowest BCUT2D eigenvalue weighted by Crippen LogP contribution is -2.59. The van der Waals surface area contributed by atoms with Crippen molar-refractivity contribution in [1.82, 2.24) is 19.8 Å². The second kappa shape index (κ2) is 9.33. The molecule has 2 atom stereocenters. The van der Waals surface area contributed by atoms with Gasteiger partial charge in [0, 0.05) is 51.0 Å². The predicted molar refractivity (Wildman–Crippen MR) is 108 cm³/mol. The average molecular weight is 380 g/mol. The number of H-pyrrole nitrogens is 1. The zero-order chi connectivity index (χ0) is 19.2. The van der Waals surface area contributed by atoms with E-state index >= 15 is 0 Å². The molecule has 28 heavy (non-hydrogen) atoms. The normalized spacial score (nSPS) is 22.8. The van der Waals surface area contributed by atoms with Gasteiger partial charge >= 0.3 is 0 Å². The second-order valence-electron chi connectivity index (χ2n) is 7.99. The Balaban J connectivity index is 1.15. The van der Waals surface area contributed by atoms with E-state index in [1.165, 1.54) is 24.1 Å². The van der Waals surface area contributed by atoms with Gasteiger partial charge in [-0.05, 0) is 43.5 Å². The van der Waals surface area contributed by atoms with E-state index in [2.05, 4.69) is 38.0 Å². The fourth-order valence-electron chi connectivity index (χ4n) is 4.34. The van der Waals surface area contributed by atoms with Crippen molar-refractivity contribution in [2.24, 2.45) is 0 Å². The summed E-state index contributed by atoms with van der Waals surface area (Å²) in [5.41, 5.74) is 3.27. The smallest absolute Gasteiger partial charge is 0.0991 e. The second-order valence-corrected chi connectivity index (χ2v) is 7.99. The van der Waals surface area contributed by atoms with Gasteiger partial charge in [-0.3, -0.25) is 9.80 Å². The van der Waals surface area contributed by atoms with Crippen molar-refractivity contribution in [3.8, 4) is 6.07 Å². The number of nitriles is 1. The molecule has 2 aromatic rings. The van der Waals surface area contributed by atoms with E-state index in [1.54, 1.807) is 6.33 Å². The minimum absolute atomic E-state index is 0.341. The van der Waals surface area contributed by atoms with Crippen LogP contribution >= 0.6 is 0 Å². The first-order valence-corrected chi connectivity index (χ1v) is 10.3. The van der Waals surface area contributed by atoms with Gasteiger partial charge in [0.05, 0.1) is 30.2 Å². The number of hydrogen-bond donors (Lipinski definition) is 1. The third-order valence-electron chi connectivity index (χ3n) is 5.76. The Kier molecular flexibility index (Phi) is 6.38. The number of imidazole rings is 1. The Bertz CT molecular complexity index is 753. The minimum atomic E-state index is 0.341. The van der Waals surface area contributed by atoms with Crippen LogP contribution < -0.4 is 0 Å². The molecule has 2 aliphatic heterocycles. The molecule has 2 bridgehead atoms. The molecule has 2 fully saturated rings. The van der Waals surface area contributed by atoms with Gasteiger partial charge in [-0.1, -0.05) is 12.1 Å². The van der Waals surface area contributed by atoms with E-state index in [0.29, 0.717) is 12.2 Å². The summed E-state index contributed by atoms with van der Waals surface area (Å²) in [4.78, 5) is 12.4. The Labute approximate surface area is 167 Å². The minimum Gasteiger partial charge on any atom is -0.370 e. The lowest BCUT2D eigenvalue weighted by atomic mass is 10.1. The highest BCUT2D eigenvalue weighted by Crippen LogP contribution is 2.20. The molecule has 1 aromatic carbocycles. The number of aromatic nitrogens is 2. The number of unbranched alkanes of at least 4 members (excludes halogenated alkanes) is 1. The van der Waals surface area contributed by atoms with Gasteiger partial charge < -0.3 is 9.72 Å². The maximum absolute atomic E-state index is 8.87. The predicted octanol–water partition coefficient (Wildman–Crippen LogP) is 2.23. The van der Waals surface area contributed by atoms with Crippen LogP contribution in [0.1, 0.15) is 29.7 Å². The lowest BCUT2D eigenvalue weighted by Gasteiger charge is -2.46. The Morgan fingerprint density at radius 3 is 2.36 bits per heavy atom. The molecule has 2 unspecified atom stereocenters. The highest BCUT2D eigenvalue weighted by molar-refractivity contribution is 5.31. The van der Waals surface area contributed by atoms with Gasteiger partial charge in [0.25, 0.3) is 0 Å². The molecule has 1 N–H and O–H groups in total. The van der Waals surface area contributed by atoms with Crippen molar-refractivity contribution < 1.29 is 4.74 Å². The summed E-state index contributed by atoms with van der Waals surface area (Å²) in [7, 11) is 0. The van der Waals surface area contributed by atoms with Crippen molar-refractivity contribution >= 4 is 0 Å². The highest BCUT2D eigenvalue weighted by atomic mass is 16.5. The number of fused-ring (bicyclic) bond motifs is 2. The van der Waals surface area contributed by atoms with E-state index in [1.807, 2.05) is 18.3 Å². The van der Waals surface area contributed by atoms with Gasteiger partial charge in [0.15, 0.2) is 0 Å².